The van der Waals surface area contributed by atoms with Crippen LogP contribution in [-0.2, 0) is 0 Å². The molecule has 1 aromatic carbocycles. The second-order valence-corrected chi connectivity index (χ2v) is 3.27. The summed E-state index contributed by atoms with van der Waals surface area (Å²) < 4.78 is 0. The molecular weight excluding hydrogens is 170 g/mol. The van der Waals surface area contributed by atoms with Gasteiger partial charge in [-0.3, -0.25) is 0 Å². The molecule has 0 heterocycles. The predicted molar refractivity (Wildman–Crippen MR) is 64.8 cm³/mol. The number of rotatable bonds is 3. The number of allylic oxidation sites excluding steroid dienone is 2. The summed E-state index contributed by atoms with van der Waals surface area (Å²) in [5.41, 5.74) is 9.60. The van der Waals surface area contributed by atoms with E-state index in [1.807, 2.05) is 37.3 Å². The monoisotopic (exact) mass is 185 g/mol. The van der Waals surface area contributed by atoms with Gasteiger partial charge in [0.1, 0.15) is 0 Å². The van der Waals surface area contributed by atoms with Gasteiger partial charge in [-0.2, -0.15) is 0 Å². The highest BCUT2D eigenvalue weighted by Gasteiger charge is 1.95. The summed E-state index contributed by atoms with van der Waals surface area (Å²) in [6.45, 7) is 9.51. The van der Waals surface area contributed by atoms with Crippen molar-refractivity contribution in [3.8, 4) is 0 Å². The number of nitrogen functional groups attached to an aromatic ring is 1. The third-order valence-corrected chi connectivity index (χ3v) is 1.88. The molecule has 0 atom stereocenters. The summed E-state index contributed by atoms with van der Waals surface area (Å²) in [5.74, 6) is 0. The zero-order valence-electron chi connectivity index (χ0n) is 8.46. The molecule has 1 rings (SSSR count). The average Bonchev–Trinajstić information content (AvgIpc) is 2.15. The fourth-order valence-electron chi connectivity index (χ4n) is 1.15. The van der Waals surface area contributed by atoms with E-state index in [4.69, 9.17) is 5.73 Å². The summed E-state index contributed by atoms with van der Waals surface area (Å²) in [6.07, 6.45) is 5.78. The van der Waals surface area contributed by atoms with Crippen molar-refractivity contribution in [2.24, 2.45) is 0 Å². The van der Waals surface area contributed by atoms with E-state index in [0.29, 0.717) is 0 Å². The van der Waals surface area contributed by atoms with Gasteiger partial charge in [0.25, 0.3) is 0 Å². The molecule has 0 aromatic heterocycles. The number of nitrogens with two attached hydrogens (primary N) is 1. The van der Waals surface area contributed by atoms with Crippen molar-refractivity contribution in [2.75, 3.05) is 5.73 Å². The molecule has 0 aliphatic carbocycles. The maximum Gasteiger partial charge on any atom is 0.0320 e. The van der Waals surface area contributed by atoms with E-state index in [9.17, 15) is 0 Å². The zero-order valence-corrected chi connectivity index (χ0v) is 8.46. The Morgan fingerprint density at radius 1 is 1.36 bits per heavy atom. The van der Waals surface area contributed by atoms with Crippen LogP contribution in [0.5, 0.6) is 0 Å². The first-order valence-corrected chi connectivity index (χ1v) is 4.49. The Labute approximate surface area is 85.3 Å². The molecule has 0 unspecified atom stereocenters. The molecule has 0 spiro atoms. The van der Waals surface area contributed by atoms with Crippen LogP contribution in [-0.4, -0.2) is 0 Å². The summed E-state index contributed by atoms with van der Waals surface area (Å²) in [6, 6.07) is 5.77. The van der Waals surface area contributed by atoms with Crippen molar-refractivity contribution in [2.45, 2.75) is 6.92 Å². The Morgan fingerprint density at radius 2 is 2.07 bits per heavy atom. The first-order valence-electron chi connectivity index (χ1n) is 4.49. The Kier molecular flexibility index (Phi) is 3.29. The molecule has 72 valence electrons. The van der Waals surface area contributed by atoms with Crippen LogP contribution in [0.2, 0.25) is 0 Å². The number of anilines is 1. The fraction of sp³-hybridized carbons (Fsp3) is 0.0769. The molecular formula is C13H15N. The van der Waals surface area contributed by atoms with Crippen LogP contribution in [0.15, 0.2) is 43.0 Å². The largest absolute Gasteiger partial charge is 0.399 e. The molecule has 0 amide bonds. The van der Waals surface area contributed by atoms with E-state index in [2.05, 4.69) is 13.2 Å². The zero-order chi connectivity index (χ0) is 10.6. The van der Waals surface area contributed by atoms with Crippen LogP contribution >= 0.6 is 0 Å². The lowest BCUT2D eigenvalue weighted by Crippen LogP contribution is -1.87. The highest BCUT2D eigenvalue weighted by molar-refractivity contribution is 5.68. The predicted octanol–water partition coefficient (Wildman–Crippen LogP) is 3.50. The molecule has 0 radical (unpaired) electrons. The van der Waals surface area contributed by atoms with Crippen LogP contribution in [0.25, 0.3) is 12.2 Å². The standard InChI is InChI=1S/C13H15N/c1-4-11-9-13(14)8-7-12(11)6-5-10(2)3/h4-9H,1-2,14H2,3H3/b6-5+. The van der Waals surface area contributed by atoms with Gasteiger partial charge < -0.3 is 5.73 Å². The lowest BCUT2D eigenvalue weighted by Gasteiger charge is -2.02. The molecule has 2 N–H and O–H groups in total. The quantitative estimate of drug-likeness (QED) is 0.566. The molecule has 0 bridgehead atoms. The van der Waals surface area contributed by atoms with Crippen LogP contribution in [0.1, 0.15) is 18.1 Å². The maximum absolute atomic E-state index is 5.67. The van der Waals surface area contributed by atoms with E-state index in [1.165, 1.54) is 0 Å². The van der Waals surface area contributed by atoms with Crippen molar-refractivity contribution in [3.63, 3.8) is 0 Å². The van der Waals surface area contributed by atoms with E-state index in [0.717, 1.165) is 22.4 Å². The van der Waals surface area contributed by atoms with E-state index >= 15 is 0 Å². The van der Waals surface area contributed by atoms with Gasteiger partial charge in [-0.15, -0.1) is 0 Å². The lowest BCUT2D eigenvalue weighted by atomic mass is 10.1. The van der Waals surface area contributed by atoms with Gasteiger partial charge in [0, 0.05) is 5.69 Å². The topological polar surface area (TPSA) is 26.0 Å². The molecule has 1 nitrogen and oxygen atoms in total. The molecule has 0 aliphatic rings. The molecule has 14 heavy (non-hydrogen) atoms. The van der Waals surface area contributed by atoms with Gasteiger partial charge in [-0.1, -0.05) is 43.0 Å². The van der Waals surface area contributed by atoms with Crippen LogP contribution in [0, 0.1) is 0 Å². The second-order valence-electron chi connectivity index (χ2n) is 3.27. The molecule has 0 fully saturated rings. The average molecular weight is 185 g/mol. The Bertz CT molecular complexity index is 386. The molecule has 1 aromatic rings. The van der Waals surface area contributed by atoms with E-state index in [-0.39, 0.29) is 0 Å². The number of hydrogen-bond donors (Lipinski definition) is 1. The first kappa shape index (κ1) is 10.3. The van der Waals surface area contributed by atoms with Crippen molar-refractivity contribution < 1.29 is 0 Å². The van der Waals surface area contributed by atoms with Gasteiger partial charge in [-0.25, -0.2) is 0 Å². The highest BCUT2D eigenvalue weighted by Crippen LogP contribution is 2.16. The normalized spacial score (nSPS) is 10.4. The minimum absolute atomic E-state index is 0.757. The number of benzene rings is 1. The highest BCUT2D eigenvalue weighted by atomic mass is 14.5. The van der Waals surface area contributed by atoms with Crippen LogP contribution in [0.4, 0.5) is 5.69 Å². The fourth-order valence-corrected chi connectivity index (χ4v) is 1.15. The Hall–Kier alpha value is -1.76. The Balaban J connectivity index is 3.08. The SMILES string of the molecule is C=Cc1cc(N)ccc1/C=C/C(=C)C. The maximum atomic E-state index is 5.67. The van der Waals surface area contributed by atoms with Gasteiger partial charge in [0.2, 0.25) is 0 Å². The molecule has 0 saturated carbocycles. The van der Waals surface area contributed by atoms with Crippen LogP contribution < -0.4 is 5.73 Å². The van der Waals surface area contributed by atoms with Crippen molar-refractivity contribution in [1.82, 2.24) is 0 Å². The Morgan fingerprint density at radius 3 is 2.64 bits per heavy atom. The van der Waals surface area contributed by atoms with E-state index < -0.39 is 0 Å². The van der Waals surface area contributed by atoms with Gasteiger partial charge in [0.15, 0.2) is 0 Å². The summed E-state index contributed by atoms with van der Waals surface area (Å²) >= 11 is 0. The molecule has 0 saturated heterocycles. The molecule has 0 aliphatic heterocycles. The smallest absolute Gasteiger partial charge is 0.0320 e. The van der Waals surface area contributed by atoms with Gasteiger partial charge in [0.05, 0.1) is 0 Å². The minimum atomic E-state index is 0.757. The van der Waals surface area contributed by atoms with Crippen LogP contribution in [0.3, 0.4) is 0 Å². The van der Waals surface area contributed by atoms with Crippen molar-refractivity contribution in [1.29, 1.82) is 0 Å². The molecule has 1 heteroatoms. The summed E-state index contributed by atoms with van der Waals surface area (Å²) in [5, 5.41) is 0. The minimum Gasteiger partial charge on any atom is -0.399 e. The second kappa shape index (κ2) is 4.47. The summed E-state index contributed by atoms with van der Waals surface area (Å²) in [7, 11) is 0. The number of hydrogen-bond acceptors (Lipinski definition) is 1. The first-order chi connectivity index (χ1) is 6.63. The van der Waals surface area contributed by atoms with Crippen molar-refractivity contribution >= 4 is 17.8 Å². The van der Waals surface area contributed by atoms with Gasteiger partial charge in [-0.05, 0) is 30.2 Å². The lowest BCUT2D eigenvalue weighted by molar-refractivity contribution is 1.56. The summed E-state index contributed by atoms with van der Waals surface area (Å²) in [4.78, 5) is 0. The third kappa shape index (κ3) is 2.63. The van der Waals surface area contributed by atoms with Gasteiger partial charge >= 0.3 is 0 Å². The third-order valence-electron chi connectivity index (χ3n) is 1.88. The van der Waals surface area contributed by atoms with Crippen molar-refractivity contribution in [3.05, 3.63) is 54.1 Å². The van der Waals surface area contributed by atoms with E-state index in [1.54, 1.807) is 6.08 Å².